The van der Waals surface area contributed by atoms with Crippen LogP contribution in [0.3, 0.4) is 0 Å². The van der Waals surface area contributed by atoms with E-state index < -0.39 is 6.04 Å². The lowest BCUT2D eigenvalue weighted by atomic mass is 10.0. The summed E-state index contributed by atoms with van der Waals surface area (Å²) in [4.78, 5) is 34.1. The second kappa shape index (κ2) is 9.98. The van der Waals surface area contributed by atoms with E-state index in [0.717, 1.165) is 5.69 Å². The number of thiazole rings is 1. The Morgan fingerprint density at radius 1 is 1.10 bits per heavy atom. The summed E-state index contributed by atoms with van der Waals surface area (Å²) in [5.74, 6) is -0.0435. The fourth-order valence-electron chi connectivity index (χ4n) is 2.77. The van der Waals surface area contributed by atoms with Crippen molar-refractivity contribution in [3.8, 4) is 17.1 Å². The summed E-state index contributed by atoms with van der Waals surface area (Å²) in [5, 5.41) is 7.91. The van der Waals surface area contributed by atoms with E-state index in [2.05, 4.69) is 20.6 Å². The zero-order valence-corrected chi connectivity index (χ0v) is 17.9. The van der Waals surface area contributed by atoms with Crippen LogP contribution in [-0.2, 0) is 4.79 Å². The van der Waals surface area contributed by atoms with Crippen LogP contribution in [0.2, 0.25) is 0 Å². The summed E-state index contributed by atoms with van der Waals surface area (Å²) >= 11 is 1.31. The lowest BCUT2D eigenvalue weighted by molar-refractivity contribution is -0.118. The number of rotatable bonds is 8. The molecule has 0 spiro atoms. The molecule has 30 heavy (non-hydrogen) atoms. The summed E-state index contributed by atoms with van der Waals surface area (Å²) in [6.07, 6.45) is 1.69. The lowest BCUT2D eigenvalue weighted by Gasteiger charge is -2.21. The zero-order chi connectivity index (χ0) is 21.5. The Labute approximate surface area is 179 Å². The largest absolute Gasteiger partial charge is 0.494 e. The van der Waals surface area contributed by atoms with Gasteiger partial charge < -0.3 is 15.4 Å². The van der Waals surface area contributed by atoms with Gasteiger partial charge in [0.2, 0.25) is 5.91 Å². The molecule has 1 unspecified atom stereocenters. The first-order valence-corrected chi connectivity index (χ1v) is 10.6. The quantitative estimate of drug-likeness (QED) is 0.570. The molecule has 0 bridgehead atoms. The highest BCUT2D eigenvalue weighted by atomic mass is 32.1. The highest BCUT2D eigenvalue weighted by Gasteiger charge is 2.25. The number of pyridine rings is 1. The van der Waals surface area contributed by atoms with Crippen LogP contribution < -0.4 is 15.4 Å². The Hall–Kier alpha value is -3.26. The van der Waals surface area contributed by atoms with Crippen molar-refractivity contribution in [2.24, 2.45) is 5.92 Å². The van der Waals surface area contributed by atoms with Gasteiger partial charge in [0.05, 0.1) is 12.3 Å². The molecule has 8 heteroatoms. The third-order valence-corrected chi connectivity index (χ3v) is 5.08. The first-order valence-electron chi connectivity index (χ1n) is 9.69. The molecule has 1 atom stereocenters. The van der Waals surface area contributed by atoms with Crippen molar-refractivity contribution < 1.29 is 14.3 Å². The van der Waals surface area contributed by atoms with Crippen LogP contribution in [0.15, 0.2) is 54.0 Å². The molecule has 7 nitrogen and oxygen atoms in total. The third kappa shape index (κ3) is 5.42. The van der Waals surface area contributed by atoms with Crippen LogP contribution in [0.1, 0.15) is 31.1 Å². The van der Waals surface area contributed by atoms with Crippen LogP contribution in [0, 0.1) is 5.92 Å². The van der Waals surface area contributed by atoms with Crippen molar-refractivity contribution in [3.05, 3.63) is 59.6 Å². The van der Waals surface area contributed by atoms with Gasteiger partial charge in [0.1, 0.15) is 17.5 Å². The molecule has 3 aromatic rings. The first kappa shape index (κ1) is 21.4. The van der Waals surface area contributed by atoms with Gasteiger partial charge in [0.25, 0.3) is 5.91 Å². The van der Waals surface area contributed by atoms with Crippen molar-refractivity contribution in [1.29, 1.82) is 0 Å². The number of aromatic nitrogens is 2. The van der Waals surface area contributed by atoms with Crippen LogP contribution in [0.5, 0.6) is 5.75 Å². The maximum atomic E-state index is 12.8. The van der Waals surface area contributed by atoms with E-state index >= 15 is 0 Å². The summed E-state index contributed by atoms with van der Waals surface area (Å²) in [7, 11) is 0. The number of ether oxygens (including phenoxy) is 1. The molecule has 0 saturated heterocycles. The number of anilines is 1. The standard InChI is InChI=1S/C22H24N4O3S/c1-4-29-16-10-8-15(9-11-16)20(27)25-19(14(2)3)21(28)26-22-24-18(13-30-22)17-7-5-6-12-23-17/h5-14,19H,4H2,1-3H3,(H,25,27)(H,24,26,28). The normalized spacial score (nSPS) is 11.7. The van der Waals surface area contributed by atoms with Crippen molar-refractivity contribution in [2.75, 3.05) is 11.9 Å². The minimum absolute atomic E-state index is 0.105. The summed E-state index contributed by atoms with van der Waals surface area (Å²) < 4.78 is 5.39. The Morgan fingerprint density at radius 3 is 2.50 bits per heavy atom. The van der Waals surface area contributed by atoms with Crippen molar-refractivity contribution in [1.82, 2.24) is 15.3 Å². The van der Waals surface area contributed by atoms with E-state index in [4.69, 9.17) is 4.74 Å². The Balaban J connectivity index is 1.66. The topological polar surface area (TPSA) is 93.2 Å². The fraction of sp³-hybridized carbons (Fsp3) is 0.273. The summed E-state index contributed by atoms with van der Waals surface area (Å²) in [5.41, 5.74) is 1.89. The minimum atomic E-state index is -0.703. The number of hydrogen-bond donors (Lipinski definition) is 2. The van der Waals surface area contributed by atoms with Gasteiger partial charge in [0, 0.05) is 17.1 Å². The second-order valence-electron chi connectivity index (χ2n) is 6.89. The van der Waals surface area contributed by atoms with Crippen LogP contribution in [0.25, 0.3) is 11.4 Å². The predicted octanol–water partition coefficient (Wildman–Crippen LogP) is 4.00. The first-order chi connectivity index (χ1) is 14.5. The van der Waals surface area contributed by atoms with Gasteiger partial charge in [-0.25, -0.2) is 4.98 Å². The molecule has 0 aliphatic carbocycles. The molecule has 3 rings (SSSR count). The van der Waals surface area contributed by atoms with Crippen LogP contribution in [-0.4, -0.2) is 34.4 Å². The Kier molecular flexibility index (Phi) is 7.13. The van der Waals surface area contributed by atoms with E-state index in [1.54, 1.807) is 30.5 Å². The lowest BCUT2D eigenvalue weighted by Crippen LogP contribution is -2.47. The molecular formula is C22H24N4O3S. The van der Waals surface area contributed by atoms with E-state index in [1.165, 1.54) is 11.3 Å². The van der Waals surface area contributed by atoms with Gasteiger partial charge in [-0.15, -0.1) is 11.3 Å². The summed E-state index contributed by atoms with van der Waals surface area (Å²) in [6.45, 7) is 6.21. The van der Waals surface area contributed by atoms with Gasteiger partial charge >= 0.3 is 0 Å². The van der Waals surface area contributed by atoms with Crippen LogP contribution in [0.4, 0.5) is 5.13 Å². The SMILES string of the molecule is CCOc1ccc(C(=O)NC(C(=O)Nc2nc(-c3ccccn3)cs2)C(C)C)cc1. The van der Waals surface area contributed by atoms with E-state index in [1.807, 2.05) is 44.4 Å². The van der Waals surface area contributed by atoms with Crippen molar-refractivity contribution in [3.63, 3.8) is 0 Å². The number of hydrogen-bond acceptors (Lipinski definition) is 6. The van der Waals surface area contributed by atoms with Gasteiger partial charge in [-0.1, -0.05) is 19.9 Å². The van der Waals surface area contributed by atoms with Crippen molar-refractivity contribution >= 4 is 28.3 Å². The maximum absolute atomic E-state index is 12.8. The molecule has 0 aliphatic rings. The Bertz CT molecular complexity index is 987. The molecule has 0 aliphatic heterocycles. The Morgan fingerprint density at radius 2 is 1.87 bits per heavy atom. The van der Waals surface area contributed by atoms with E-state index in [0.29, 0.717) is 28.7 Å². The van der Waals surface area contributed by atoms with Gasteiger partial charge in [0.15, 0.2) is 5.13 Å². The smallest absolute Gasteiger partial charge is 0.251 e. The predicted molar refractivity (Wildman–Crippen MR) is 118 cm³/mol. The van der Waals surface area contributed by atoms with Gasteiger partial charge in [-0.05, 0) is 49.2 Å². The summed E-state index contributed by atoms with van der Waals surface area (Å²) in [6, 6.07) is 11.7. The molecule has 156 valence electrons. The molecule has 0 radical (unpaired) electrons. The average Bonchev–Trinajstić information content (AvgIpc) is 3.21. The molecule has 1 aromatic carbocycles. The number of nitrogens with zero attached hydrogens (tertiary/aromatic N) is 2. The van der Waals surface area contributed by atoms with Gasteiger partial charge in [-0.3, -0.25) is 14.6 Å². The molecule has 2 N–H and O–H groups in total. The van der Waals surface area contributed by atoms with E-state index in [9.17, 15) is 9.59 Å². The maximum Gasteiger partial charge on any atom is 0.251 e. The third-order valence-electron chi connectivity index (χ3n) is 4.32. The highest BCUT2D eigenvalue weighted by Crippen LogP contribution is 2.23. The number of carbonyl (C=O) groups is 2. The number of carbonyl (C=O) groups excluding carboxylic acids is 2. The second-order valence-corrected chi connectivity index (χ2v) is 7.75. The zero-order valence-electron chi connectivity index (χ0n) is 17.1. The molecule has 2 heterocycles. The van der Waals surface area contributed by atoms with Crippen molar-refractivity contribution in [2.45, 2.75) is 26.8 Å². The minimum Gasteiger partial charge on any atom is -0.494 e. The molecule has 2 amide bonds. The number of nitrogens with one attached hydrogen (secondary N) is 2. The molecule has 0 fully saturated rings. The van der Waals surface area contributed by atoms with Gasteiger partial charge in [-0.2, -0.15) is 0 Å². The van der Waals surface area contributed by atoms with Crippen LogP contribution >= 0.6 is 11.3 Å². The average molecular weight is 425 g/mol. The molecule has 2 aromatic heterocycles. The monoisotopic (exact) mass is 424 g/mol. The molecular weight excluding hydrogens is 400 g/mol. The number of amides is 2. The molecule has 0 saturated carbocycles. The van der Waals surface area contributed by atoms with E-state index in [-0.39, 0.29) is 17.7 Å². The highest BCUT2D eigenvalue weighted by molar-refractivity contribution is 7.14. The number of benzene rings is 1. The fourth-order valence-corrected chi connectivity index (χ4v) is 3.48.